The Bertz CT molecular complexity index is 676. The molecular weight excluding hydrogens is 336 g/mol. The van der Waals surface area contributed by atoms with Crippen LogP contribution in [0.25, 0.3) is 0 Å². The molecule has 2 aliphatic heterocycles. The first-order chi connectivity index (χ1) is 13.0. The lowest BCUT2D eigenvalue weighted by Crippen LogP contribution is -2.51. The van der Waals surface area contributed by atoms with E-state index in [4.69, 9.17) is 0 Å². The van der Waals surface area contributed by atoms with Gasteiger partial charge in [-0.05, 0) is 77.4 Å². The molecule has 2 atom stereocenters. The third kappa shape index (κ3) is 5.01. The van der Waals surface area contributed by atoms with Crippen molar-refractivity contribution in [1.82, 2.24) is 20.0 Å². The highest BCUT2D eigenvalue weighted by Gasteiger charge is 2.32. The average Bonchev–Trinajstić information content (AvgIpc) is 2.90. The lowest BCUT2D eigenvalue weighted by atomic mass is 9.83. The molecule has 3 rings (SSSR count). The van der Waals surface area contributed by atoms with Gasteiger partial charge in [-0.2, -0.15) is 5.10 Å². The fourth-order valence-electron chi connectivity index (χ4n) is 4.89. The molecule has 1 amide bonds. The second-order valence-corrected chi connectivity index (χ2v) is 8.57. The first kappa shape index (κ1) is 20.1. The molecular formula is C22H36N4O. The van der Waals surface area contributed by atoms with Crippen molar-refractivity contribution in [2.24, 2.45) is 5.92 Å². The van der Waals surface area contributed by atoms with Gasteiger partial charge in [0, 0.05) is 24.7 Å². The van der Waals surface area contributed by atoms with Crippen LogP contribution in [0.5, 0.6) is 0 Å². The van der Waals surface area contributed by atoms with Gasteiger partial charge in [0.2, 0.25) is 5.91 Å². The van der Waals surface area contributed by atoms with E-state index in [2.05, 4.69) is 28.8 Å². The van der Waals surface area contributed by atoms with E-state index in [0.29, 0.717) is 18.4 Å². The van der Waals surface area contributed by atoms with E-state index in [0.717, 1.165) is 36.5 Å². The van der Waals surface area contributed by atoms with Gasteiger partial charge in [0.05, 0.1) is 12.2 Å². The van der Waals surface area contributed by atoms with Gasteiger partial charge in [-0.15, -0.1) is 0 Å². The Morgan fingerprint density at radius 1 is 1.22 bits per heavy atom. The molecule has 5 heteroatoms. The highest BCUT2D eigenvalue weighted by molar-refractivity contribution is 5.76. The van der Waals surface area contributed by atoms with Gasteiger partial charge in [0.1, 0.15) is 0 Å². The van der Waals surface area contributed by atoms with Gasteiger partial charge in [0.25, 0.3) is 0 Å². The third-order valence-corrected chi connectivity index (χ3v) is 6.34. The summed E-state index contributed by atoms with van der Waals surface area (Å²) < 4.78 is 2.00. The van der Waals surface area contributed by atoms with Crippen molar-refractivity contribution in [3.05, 3.63) is 29.1 Å². The van der Waals surface area contributed by atoms with Gasteiger partial charge >= 0.3 is 0 Å². The molecule has 0 spiro atoms. The van der Waals surface area contributed by atoms with Crippen molar-refractivity contribution < 1.29 is 4.79 Å². The summed E-state index contributed by atoms with van der Waals surface area (Å²) in [6.07, 6.45) is 7.83. The van der Waals surface area contributed by atoms with Crippen LogP contribution in [0.15, 0.2) is 12.2 Å². The molecule has 3 heterocycles. The Balaban J connectivity index is 1.48. The van der Waals surface area contributed by atoms with Gasteiger partial charge in [-0.1, -0.05) is 18.6 Å². The highest BCUT2D eigenvalue weighted by atomic mass is 16.1. The second kappa shape index (κ2) is 9.05. The van der Waals surface area contributed by atoms with Crippen LogP contribution in [0.4, 0.5) is 0 Å². The number of amides is 1. The molecule has 0 radical (unpaired) electrons. The van der Waals surface area contributed by atoms with E-state index < -0.39 is 0 Å². The van der Waals surface area contributed by atoms with Crippen molar-refractivity contribution in [1.29, 1.82) is 0 Å². The number of aromatic nitrogens is 2. The fraction of sp³-hybridized carbons (Fsp3) is 0.727. The summed E-state index contributed by atoms with van der Waals surface area (Å²) in [6.45, 7) is 14.2. The van der Waals surface area contributed by atoms with Gasteiger partial charge in [-0.3, -0.25) is 9.48 Å². The number of fused-ring (bicyclic) bond motifs is 1. The zero-order chi connectivity index (χ0) is 19.4. The van der Waals surface area contributed by atoms with Crippen molar-refractivity contribution in [3.8, 4) is 0 Å². The van der Waals surface area contributed by atoms with Crippen LogP contribution in [0.2, 0.25) is 0 Å². The number of hydrogen-bond acceptors (Lipinski definition) is 3. The number of allylic oxidation sites excluding steroid dienone is 1. The Morgan fingerprint density at radius 3 is 2.78 bits per heavy atom. The maximum absolute atomic E-state index is 12.5. The second-order valence-electron chi connectivity index (χ2n) is 8.57. The maximum atomic E-state index is 12.5. The molecule has 0 aromatic carbocycles. The molecule has 2 fully saturated rings. The maximum Gasteiger partial charge on any atom is 0.220 e. The largest absolute Gasteiger partial charge is 0.356 e. The van der Waals surface area contributed by atoms with Crippen LogP contribution < -0.4 is 5.32 Å². The summed E-state index contributed by atoms with van der Waals surface area (Å²) in [6, 6.07) is 0.692. The lowest BCUT2D eigenvalue weighted by molar-refractivity contribution is -0.121. The van der Waals surface area contributed by atoms with Crippen LogP contribution in [-0.4, -0.2) is 46.3 Å². The standard InChI is InChI=1S/C22H36N4O/c1-16(2)15-26-18(4)20(17(3)24-26)10-11-22(27)23-14-19-8-7-13-25-12-6-5-9-21(19)25/h19,21H,1,5-15H2,2-4H3,(H,23,27)/t19-,21?/m0/s1. The van der Waals surface area contributed by atoms with Crippen LogP contribution in [0.1, 0.15) is 62.4 Å². The Labute approximate surface area is 164 Å². The summed E-state index contributed by atoms with van der Waals surface area (Å²) in [4.78, 5) is 15.1. The van der Waals surface area contributed by atoms with Crippen LogP contribution >= 0.6 is 0 Å². The predicted molar refractivity (Wildman–Crippen MR) is 110 cm³/mol. The minimum atomic E-state index is 0.175. The molecule has 5 nitrogen and oxygen atoms in total. The SMILES string of the molecule is C=C(C)Cn1nc(C)c(CCC(=O)NC[C@@H]2CCCN3CCCCC23)c1C. The Hall–Kier alpha value is -1.62. The van der Waals surface area contributed by atoms with E-state index in [1.807, 2.05) is 18.5 Å². The molecule has 1 aromatic rings. The number of nitrogens with zero attached hydrogens (tertiary/aromatic N) is 3. The Kier molecular flexibility index (Phi) is 6.74. The van der Waals surface area contributed by atoms with Crippen molar-refractivity contribution in [2.45, 2.75) is 78.3 Å². The summed E-state index contributed by atoms with van der Waals surface area (Å²) in [7, 11) is 0. The number of aryl methyl sites for hydroxylation is 1. The van der Waals surface area contributed by atoms with Crippen molar-refractivity contribution in [3.63, 3.8) is 0 Å². The van der Waals surface area contributed by atoms with Gasteiger partial charge in [0.15, 0.2) is 0 Å². The molecule has 150 valence electrons. The van der Waals surface area contributed by atoms with E-state index >= 15 is 0 Å². The number of rotatable bonds is 7. The first-order valence-corrected chi connectivity index (χ1v) is 10.6. The number of hydrogen-bond donors (Lipinski definition) is 1. The summed E-state index contributed by atoms with van der Waals surface area (Å²) >= 11 is 0. The predicted octanol–water partition coefficient (Wildman–Crippen LogP) is 3.39. The molecule has 0 bridgehead atoms. The van der Waals surface area contributed by atoms with Crippen LogP contribution in [0.3, 0.4) is 0 Å². The molecule has 27 heavy (non-hydrogen) atoms. The van der Waals surface area contributed by atoms with E-state index in [1.54, 1.807) is 0 Å². The van der Waals surface area contributed by atoms with E-state index in [1.165, 1.54) is 50.8 Å². The average molecular weight is 373 g/mol. The summed E-state index contributed by atoms with van der Waals surface area (Å²) in [5.41, 5.74) is 4.50. The number of piperidine rings is 2. The minimum Gasteiger partial charge on any atom is -0.356 e. The molecule has 1 aromatic heterocycles. The molecule has 0 saturated carbocycles. The molecule has 2 aliphatic rings. The van der Waals surface area contributed by atoms with Crippen molar-refractivity contribution in [2.75, 3.05) is 19.6 Å². The van der Waals surface area contributed by atoms with E-state index in [9.17, 15) is 4.79 Å². The number of carbonyl (C=O) groups is 1. The molecule has 1 N–H and O–H groups in total. The van der Waals surface area contributed by atoms with Crippen LogP contribution in [0, 0.1) is 19.8 Å². The first-order valence-electron chi connectivity index (χ1n) is 10.6. The quantitative estimate of drug-likeness (QED) is 0.747. The number of carbonyl (C=O) groups excluding carboxylic acids is 1. The third-order valence-electron chi connectivity index (χ3n) is 6.34. The zero-order valence-electron chi connectivity index (χ0n) is 17.4. The number of nitrogens with one attached hydrogen (secondary N) is 1. The Morgan fingerprint density at radius 2 is 2.00 bits per heavy atom. The van der Waals surface area contributed by atoms with Gasteiger partial charge < -0.3 is 10.2 Å². The van der Waals surface area contributed by atoms with Crippen molar-refractivity contribution >= 4 is 5.91 Å². The highest BCUT2D eigenvalue weighted by Crippen LogP contribution is 2.30. The minimum absolute atomic E-state index is 0.175. The smallest absolute Gasteiger partial charge is 0.220 e. The molecule has 1 unspecified atom stereocenters. The van der Waals surface area contributed by atoms with Crippen LogP contribution in [-0.2, 0) is 17.8 Å². The summed E-state index contributed by atoms with van der Waals surface area (Å²) in [5.74, 6) is 0.805. The summed E-state index contributed by atoms with van der Waals surface area (Å²) in [5, 5.41) is 7.84. The monoisotopic (exact) mass is 372 g/mol. The van der Waals surface area contributed by atoms with Gasteiger partial charge in [-0.25, -0.2) is 0 Å². The fourth-order valence-corrected chi connectivity index (χ4v) is 4.89. The van der Waals surface area contributed by atoms with E-state index in [-0.39, 0.29) is 5.91 Å². The molecule has 2 saturated heterocycles. The zero-order valence-corrected chi connectivity index (χ0v) is 17.4. The molecule has 0 aliphatic carbocycles. The lowest BCUT2D eigenvalue weighted by Gasteiger charge is -2.44. The normalized spacial score (nSPS) is 23.1. The topological polar surface area (TPSA) is 50.2 Å².